The van der Waals surface area contributed by atoms with Crippen molar-refractivity contribution >= 4 is 86.9 Å². The fraction of sp³-hybridized carbons (Fsp3) is 0.645. The van der Waals surface area contributed by atoms with Crippen LogP contribution in [0.2, 0.25) is 20.1 Å². The molecule has 47 heavy (non-hydrogen) atoms. The van der Waals surface area contributed by atoms with Gasteiger partial charge in [-0.25, -0.2) is 0 Å². The Labute approximate surface area is 296 Å². The normalized spacial score (nSPS) is 24.1. The number of ether oxygens (including phenoxy) is 4. The van der Waals surface area contributed by atoms with E-state index in [9.17, 15) is 28.2 Å². The maximum atomic E-state index is 14.1. The number of fused-ring (bicyclic) bond motifs is 1. The third-order valence-corrected chi connectivity index (χ3v) is 10.6. The van der Waals surface area contributed by atoms with Crippen molar-refractivity contribution in [3.63, 3.8) is 0 Å². The summed E-state index contributed by atoms with van der Waals surface area (Å²) in [6, 6.07) is -1.66. The van der Waals surface area contributed by atoms with Crippen LogP contribution in [-0.2, 0) is 44.1 Å². The molecule has 2 amide bonds. The average molecular weight is 760 g/mol. The maximum Gasteiger partial charge on any atom is 0.311 e. The van der Waals surface area contributed by atoms with Gasteiger partial charge in [0.15, 0.2) is 17.6 Å². The summed E-state index contributed by atoms with van der Waals surface area (Å²) in [6.45, 7) is 15.4. The first-order valence-electron chi connectivity index (χ1n) is 14.7. The quantitative estimate of drug-likeness (QED) is 0.103. The fourth-order valence-corrected chi connectivity index (χ4v) is 6.76. The van der Waals surface area contributed by atoms with Gasteiger partial charge in [-0.15, -0.1) is 0 Å². The highest BCUT2D eigenvalue weighted by atomic mass is 35.5. The highest BCUT2D eigenvalue weighted by Crippen LogP contribution is 2.47. The number of carbonyl (C=O) groups excluding carboxylic acids is 5. The summed E-state index contributed by atoms with van der Waals surface area (Å²) < 4.78 is 37.4. The second-order valence-corrected chi connectivity index (χ2v) is 17.6. The Kier molecular flexibility index (Phi) is 11.9. The monoisotopic (exact) mass is 757 g/mol. The molecule has 0 saturated carbocycles. The number of benzene rings is 1. The molecule has 0 N–H and O–H groups in total. The van der Waals surface area contributed by atoms with Crippen molar-refractivity contribution in [3.05, 3.63) is 31.2 Å². The zero-order chi connectivity index (χ0) is 36.1. The van der Waals surface area contributed by atoms with Crippen molar-refractivity contribution in [2.45, 2.75) is 99.0 Å². The Balaban J connectivity index is 2.31. The van der Waals surface area contributed by atoms with Crippen molar-refractivity contribution in [2.75, 3.05) is 12.4 Å². The van der Waals surface area contributed by atoms with Gasteiger partial charge in [0.2, 0.25) is 0 Å². The molecule has 1 saturated heterocycles. The minimum atomic E-state index is -1.97. The second kappa shape index (κ2) is 14.1. The molecule has 0 unspecified atom stereocenters. The Morgan fingerprint density at radius 3 is 1.51 bits per heavy atom. The van der Waals surface area contributed by atoms with Gasteiger partial charge >= 0.3 is 17.9 Å². The van der Waals surface area contributed by atoms with Crippen molar-refractivity contribution in [3.8, 4) is 0 Å². The van der Waals surface area contributed by atoms with Gasteiger partial charge in [0.25, 0.3) is 11.8 Å². The van der Waals surface area contributed by atoms with Gasteiger partial charge in [0.05, 0.1) is 58.3 Å². The van der Waals surface area contributed by atoms with Crippen LogP contribution < -0.4 is 0 Å². The maximum absolute atomic E-state index is 14.1. The molecule has 16 heteroatoms. The van der Waals surface area contributed by atoms with Crippen LogP contribution in [0.3, 0.4) is 0 Å². The van der Waals surface area contributed by atoms with E-state index in [1.807, 2.05) is 0 Å². The lowest BCUT2D eigenvalue weighted by Gasteiger charge is -2.48. The summed E-state index contributed by atoms with van der Waals surface area (Å²) >= 11 is 25.2. The predicted octanol–water partition coefficient (Wildman–Crippen LogP) is 6.26. The molecule has 1 aromatic carbocycles. The third kappa shape index (κ3) is 7.94. The lowest BCUT2D eigenvalue weighted by Crippen LogP contribution is -2.68. The number of hydrogen-bond donors (Lipinski definition) is 0. The Hall–Kier alpha value is -1.96. The van der Waals surface area contributed by atoms with Crippen LogP contribution in [0.5, 0.6) is 0 Å². The number of imide groups is 1. The van der Waals surface area contributed by atoms with Gasteiger partial charge < -0.3 is 18.9 Å². The number of nitrogens with zero attached hydrogens (tertiary/aromatic N) is 1. The van der Waals surface area contributed by atoms with Crippen LogP contribution in [0.4, 0.5) is 0 Å². The molecule has 0 spiro atoms. The molecule has 262 valence electrons. The van der Waals surface area contributed by atoms with Crippen molar-refractivity contribution < 1.29 is 47.1 Å². The van der Waals surface area contributed by atoms with Crippen LogP contribution >= 0.6 is 46.4 Å². The molecule has 0 aliphatic carbocycles. The number of amides is 2. The van der Waals surface area contributed by atoms with E-state index in [1.54, 1.807) is 69.2 Å². The number of halogens is 4. The van der Waals surface area contributed by atoms with Crippen LogP contribution in [0.1, 0.15) is 90.0 Å². The van der Waals surface area contributed by atoms with Gasteiger partial charge in [-0.05, 0) is 62.3 Å². The van der Waals surface area contributed by atoms with Crippen LogP contribution in [-0.4, -0.2) is 81.0 Å². The van der Waals surface area contributed by atoms with E-state index in [-0.39, 0.29) is 37.0 Å². The van der Waals surface area contributed by atoms with Gasteiger partial charge in [-0.3, -0.25) is 33.1 Å². The van der Waals surface area contributed by atoms with E-state index in [2.05, 4.69) is 0 Å². The summed E-state index contributed by atoms with van der Waals surface area (Å²) in [5, 5.41) is -1.26. The van der Waals surface area contributed by atoms with E-state index in [4.69, 9.17) is 65.4 Å². The molecule has 3 rings (SSSR count). The molecule has 6 atom stereocenters. The number of carbonyl (C=O) groups is 5. The van der Waals surface area contributed by atoms with Crippen molar-refractivity contribution in [1.82, 2.24) is 4.90 Å². The first-order chi connectivity index (χ1) is 21.4. The molecular formula is C31H39Cl4NO10S. The molecule has 11 nitrogen and oxygen atoms in total. The second-order valence-electron chi connectivity index (χ2n) is 14.3. The molecule has 2 aliphatic heterocycles. The lowest BCUT2D eigenvalue weighted by atomic mass is 9.92. The van der Waals surface area contributed by atoms with Gasteiger partial charge in [-0.2, -0.15) is 0 Å². The van der Waals surface area contributed by atoms with Crippen LogP contribution in [0, 0.1) is 16.2 Å². The third-order valence-electron chi connectivity index (χ3n) is 7.29. The molecule has 0 aromatic heterocycles. The van der Waals surface area contributed by atoms with E-state index >= 15 is 0 Å². The van der Waals surface area contributed by atoms with Crippen molar-refractivity contribution in [1.29, 1.82) is 0 Å². The van der Waals surface area contributed by atoms with Gasteiger partial charge in [-0.1, -0.05) is 53.3 Å². The molecule has 1 aromatic rings. The lowest BCUT2D eigenvalue weighted by molar-refractivity contribution is -0.226. The average Bonchev–Trinajstić information content (AvgIpc) is 3.21. The van der Waals surface area contributed by atoms with Gasteiger partial charge in [0, 0.05) is 5.75 Å². The Bertz CT molecular complexity index is 1460. The zero-order valence-electron chi connectivity index (χ0n) is 27.8. The minimum Gasteiger partial charge on any atom is -0.462 e. The summed E-state index contributed by atoms with van der Waals surface area (Å²) in [6.07, 6.45) is -4.60. The summed E-state index contributed by atoms with van der Waals surface area (Å²) in [4.78, 5) is 68.6. The van der Waals surface area contributed by atoms with Crippen LogP contribution in [0.15, 0.2) is 0 Å². The van der Waals surface area contributed by atoms with E-state index in [0.717, 1.165) is 0 Å². The van der Waals surface area contributed by atoms with E-state index in [1.165, 1.54) is 0 Å². The molecule has 0 radical (unpaired) electrons. The van der Waals surface area contributed by atoms with Gasteiger partial charge in [0.1, 0.15) is 18.8 Å². The predicted molar refractivity (Wildman–Crippen MR) is 177 cm³/mol. The minimum absolute atomic E-state index is 0.0373. The van der Waals surface area contributed by atoms with Crippen LogP contribution in [0.25, 0.3) is 0 Å². The number of rotatable bonds is 7. The Morgan fingerprint density at radius 2 is 1.13 bits per heavy atom. The number of esters is 3. The SMILES string of the molecule is CC[S@](=O)[C@@H]1O[C@H](COC(=O)C(C)(C)C)[C@@H](OC(=O)C(C)(C)C)[C@H](OC(=O)C(C)(C)C)[C@H]1N1C(=O)c2c(Cl)c(Cl)c(Cl)c(Cl)c2C1=O. The fourth-order valence-electron chi connectivity index (χ4n) is 4.57. The Morgan fingerprint density at radius 1 is 0.723 bits per heavy atom. The molecule has 1 fully saturated rings. The molecule has 2 aliphatic rings. The molecule has 2 heterocycles. The summed E-state index contributed by atoms with van der Waals surface area (Å²) in [5.41, 5.74) is -5.44. The first kappa shape index (κ1) is 39.5. The number of hydrogen-bond acceptors (Lipinski definition) is 10. The standard InChI is InChI=1S/C31H39Cl4NO10S/c1-11-47(42)25-20(36-23(37)14-15(24(36)38)17(33)19(35)18(34)16(14)32)22(46-28(41)31(8,9)10)21(45-27(40)30(5,6)7)13(44-25)12-43-26(39)29(2,3)4/h13,20-22,25H,11-12H2,1-10H3/t13-,20-,21-,22-,25+,47+/m1/s1. The molecule has 0 bridgehead atoms. The zero-order valence-corrected chi connectivity index (χ0v) is 31.6. The van der Waals surface area contributed by atoms with Crippen molar-refractivity contribution in [2.24, 2.45) is 16.2 Å². The summed E-state index contributed by atoms with van der Waals surface area (Å²) in [7, 11) is -1.97. The largest absolute Gasteiger partial charge is 0.462 e. The highest BCUT2D eigenvalue weighted by Gasteiger charge is 2.60. The molecular weight excluding hydrogens is 720 g/mol. The van der Waals surface area contributed by atoms with E-state index in [0.29, 0.717) is 4.90 Å². The smallest absolute Gasteiger partial charge is 0.311 e. The topological polar surface area (TPSA) is 143 Å². The summed E-state index contributed by atoms with van der Waals surface area (Å²) in [5.74, 6) is -4.27. The first-order valence-corrected chi connectivity index (χ1v) is 17.6. The highest BCUT2D eigenvalue weighted by molar-refractivity contribution is 7.85. The van der Waals surface area contributed by atoms with E-state index < -0.39 is 93.2 Å².